The molecule has 0 aliphatic rings. The second-order valence-corrected chi connectivity index (χ2v) is 8.03. The predicted octanol–water partition coefficient (Wildman–Crippen LogP) is 5.95. The monoisotopic (exact) mass is 501 g/mol. The van der Waals surface area contributed by atoms with Crippen LogP contribution in [0, 0.1) is 6.92 Å². The van der Waals surface area contributed by atoms with Gasteiger partial charge in [-0.15, -0.1) is 0 Å². The van der Waals surface area contributed by atoms with E-state index in [0.717, 1.165) is 15.7 Å². The number of carbonyl (C=O) groups excluding carboxylic acids is 1. The Bertz CT molecular complexity index is 1100. The third kappa shape index (κ3) is 6.38. The van der Waals surface area contributed by atoms with Gasteiger partial charge < -0.3 is 10.1 Å². The molecule has 0 fully saturated rings. The number of rotatable bonds is 5. The topological polar surface area (TPSA) is 62.7 Å². The number of benzene rings is 3. The molecular formula is C22H17BrClN3O2S. The zero-order chi connectivity index (χ0) is 21.5. The van der Waals surface area contributed by atoms with Gasteiger partial charge in [-0.25, -0.2) is 4.79 Å². The highest BCUT2D eigenvalue weighted by Crippen LogP contribution is 2.23. The number of nitrogens with zero attached hydrogens (tertiary/aromatic N) is 1. The quantitative estimate of drug-likeness (QED) is 0.148. The second kappa shape index (κ2) is 10.3. The summed E-state index contributed by atoms with van der Waals surface area (Å²) in [7, 11) is 0. The molecule has 0 aliphatic heterocycles. The number of hydrogen-bond acceptors (Lipinski definition) is 4. The van der Waals surface area contributed by atoms with E-state index < -0.39 is 5.97 Å². The van der Waals surface area contributed by atoms with Crippen LogP contribution in [0.1, 0.15) is 21.5 Å². The first-order valence-corrected chi connectivity index (χ1v) is 10.4. The highest BCUT2D eigenvalue weighted by molar-refractivity contribution is 9.10. The fourth-order valence-corrected chi connectivity index (χ4v) is 3.18. The number of ether oxygens (including phenoxy) is 1. The molecule has 152 valence electrons. The standard InChI is InChI=1S/C22H17BrClN3O2S/c1-14-3-2-4-19(11-14)26-22(30)27-25-13-16-12-17(23)7-10-20(16)29-21(28)15-5-8-18(24)9-6-15/h2-13H,1H3,(H2,26,27,30)/b25-13+. The lowest BCUT2D eigenvalue weighted by molar-refractivity contribution is 0.0734. The van der Waals surface area contributed by atoms with Crippen LogP contribution in [-0.4, -0.2) is 17.3 Å². The molecule has 3 rings (SSSR count). The van der Waals surface area contributed by atoms with Gasteiger partial charge in [0.1, 0.15) is 5.75 Å². The van der Waals surface area contributed by atoms with Gasteiger partial charge in [0.15, 0.2) is 5.11 Å². The number of anilines is 1. The SMILES string of the molecule is Cc1cccc(NC(=S)N/N=C/c2cc(Br)ccc2OC(=O)c2ccc(Cl)cc2)c1. The number of carbonyl (C=O) groups is 1. The Labute approximate surface area is 193 Å². The lowest BCUT2D eigenvalue weighted by Gasteiger charge is -2.09. The summed E-state index contributed by atoms with van der Waals surface area (Å²) in [5.41, 5.74) is 5.73. The van der Waals surface area contributed by atoms with Crippen molar-refractivity contribution in [1.29, 1.82) is 0 Å². The van der Waals surface area contributed by atoms with Gasteiger partial charge in [0.25, 0.3) is 0 Å². The minimum Gasteiger partial charge on any atom is -0.422 e. The Morgan fingerprint density at radius 2 is 1.90 bits per heavy atom. The highest BCUT2D eigenvalue weighted by atomic mass is 79.9. The minimum absolute atomic E-state index is 0.339. The van der Waals surface area contributed by atoms with E-state index in [0.29, 0.717) is 27.0 Å². The number of hydrogen-bond donors (Lipinski definition) is 2. The summed E-state index contributed by atoms with van der Waals surface area (Å²) in [6.45, 7) is 2.00. The lowest BCUT2D eigenvalue weighted by Crippen LogP contribution is -2.23. The number of hydrazone groups is 1. The van der Waals surface area contributed by atoms with E-state index in [9.17, 15) is 4.79 Å². The minimum atomic E-state index is -0.492. The molecule has 0 aromatic heterocycles. The Morgan fingerprint density at radius 1 is 1.13 bits per heavy atom. The average molecular weight is 503 g/mol. The van der Waals surface area contributed by atoms with Crippen LogP contribution in [0.25, 0.3) is 0 Å². The molecule has 30 heavy (non-hydrogen) atoms. The number of halogens is 2. The van der Waals surface area contributed by atoms with Gasteiger partial charge >= 0.3 is 5.97 Å². The third-order valence-electron chi connectivity index (χ3n) is 3.90. The van der Waals surface area contributed by atoms with E-state index in [2.05, 4.69) is 31.8 Å². The molecule has 0 bridgehead atoms. The Morgan fingerprint density at radius 3 is 2.63 bits per heavy atom. The van der Waals surface area contributed by atoms with Crippen LogP contribution in [0.4, 0.5) is 5.69 Å². The van der Waals surface area contributed by atoms with Crippen molar-refractivity contribution in [2.24, 2.45) is 5.10 Å². The van der Waals surface area contributed by atoms with Gasteiger partial charge in [0.2, 0.25) is 0 Å². The molecule has 0 atom stereocenters. The van der Waals surface area contributed by atoms with Crippen molar-refractivity contribution in [3.63, 3.8) is 0 Å². The maximum atomic E-state index is 12.4. The Balaban J connectivity index is 1.67. The van der Waals surface area contributed by atoms with E-state index in [1.54, 1.807) is 42.5 Å². The molecule has 0 radical (unpaired) electrons. The zero-order valence-electron chi connectivity index (χ0n) is 15.9. The number of thiocarbonyl (C=S) groups is 1. The van der Waals surface area contributed by atoms with Crippen molar-refractivity contribution in [2.45, 2.75) is 6.92 Å². The number of aryl methyl sites for hydroxylation is 1. The van der Waals surface area contributed by atoms with E-state index >= 15 is 0 Å². The summed E-state index contributed by atoms with van der Waals surface area (Å²) >= 11 is 14.5. The van der Waals surface area contributed by atoms with Crippen molar-refractivity contribution in [3.8, 4) is 5.75 Å². The largest absolute Gasteiger partial charge is 0.422 e. The van der Waals surface area contributed by atoms with Crippen LogP contribution in [0.2, 0.25) is 5.02 Å². The van der Waals surface area contributed by atoms with Crippen LogP contribution in [0.5, 0.6) is 5.75 Å². The molecule has 8 heteroatoms. The maximum absolute atomic E-state index is 12.4. The molecule has 5 nitrogen and oxygen atoms in total. The zero-order valence-corrected chi connectivity index (χ0v) is 19.0. The summed E-state index contributed by atoms with van der Waals surface area (Å²) < 4.78 is 6.34. The van der Waals surface area contributed by atoms with Gasteiger partial charge in [-0.3, -0.25) is 5.43 Å². The van der Waals surface area contributed by atoms with Crippen molar-refractivity contribution >= 4 is 62.7 Å². The van der Waals surface area contributed by atoms with Gasteiger partial charge in [-0.2, -0.15) is 5.10 Å². The Kier molecular flexibility index (Phi) is 7.57. The first-order valence-electron chi connectivity index (χ1n) is 8.85. The van der Waals surface area contributed by atoms with Gasteiger partial charge in [-0.05, 0) is 79.3 Å². The normalized spacial score (nSPS) is 10.6. The molecule has 0 aliphatic carbocycles. The van der Waals surface area contributed by atoms with Crippen LogP contribution >= 0.6 is 39.7 Å². The molecule has 0 spiro atoms. The maximum Gasteiger partial charge on any atom is 0.343 e. The fraction of sp³-hybridized carbons (Fsp3) is 0.0455. The first-order chi connectivity index (χ1) is 14.4. The molecule has 0 saturated heterocycles. The van der Waals surface area contributed by atoms with Crippen LogP contribution in [0.15, 0.2) is 76.3 Å². The molecule has 0 amide bonds. The molecule has 0 unspecified atom stereocenters. The van der Waals surface area contributed by atoms with Gasteiger partial charge in [0.05, 0.1) is 11.8 Å². The van der Waals surface area contributed by atoms with E-state index in [1.165, 1.54) is 6.21 Å². The van der Waals surface area contributed by atoms with Crippen molar-refractivity contribution in [2.75, 3.05) is 5.32 Å². The molecule has 0 heterocycles. The second-order valence-electron chi connectivity index (χ2n) is 6.27. The summed E-state index contributed by atoms with van der Waals surface area (Å²) in [5, 5.41) is 8.08. The fourth-order valence-electron chi connectivity index (χ4n) is 2.50. The highest BCUT2D eigenvalue weighted by Gasteiger charge is 2.11. The van der Waals surface area contributed by atoms with Crippen molar-refractivity contribution in [3.05, 3.63) is 92.9 Å². The van der Waals surface area contributed by atoms with Crippen molar-refractivity contribution < 1.29 is 9.53 Å². The average Bonchev–Trinajstić information content (AvgIpc) is 2.70. The van der Waals surface area contributed by atoms with Crippen LogP contribution in [-0.2, 0) is 0 Å². The van der Waals surface area contributed by atoms with Gasteiger partial charge in [-0.1, -0.05) is 39.7 Å². The smallest absolute Gasteiger partial charge is 0.343 e. The van der Waals surface area contributed by atoms with E-state index in [4.69, 9.17) is 28.6 Å². The van der Waals surface area contributed by atoms with E-state index in [1.807, 2.05) is 31.2 Å². The molecule has 0 saturated carbocycles. The summed E-state index contributed by atoms with van der Waals surface area (Å²) in [5.74, 6) is -0.130. The lowest BCUT2D eigenvalue weighted by atomic mass is 10.2. The van der Waals surface area contributed by atoms with Crippen LogP contribution in [0.3, 0.4) is 0 Å². The third-order valence-corrected chi connectivity index (χ3v) is 4.84. The molecule has 2 N–H and O–H groups in total. The van der Waals surface area contributed by atoms with Gasteiger partial charge in [0, 0.05) is 20.7 Å². The molecule has 3 aromatic rings. The summed E-state index contributed by atoms with van der Waals surface area (Å²) in [6.07, 6.45) is 1.53. The predicted molar refractivity (Wildman–Crippen MR) is 129 cm³/mol. The molecule has 3 aromatic carbocycles. The summed E-state index contributed by atoms with van der Waals surface area (Å²) in [4.78, 5) is 12.4. The first kappa shape index (κ1) is 22.0. The van der Waals surface area contributed by atoms with Crippen LogP contribution < -0.4 is 15.5 Å². The summed E-state index contributed by atoms with van der Waals surface area (Å²) in [6, 6.07) is 19.5. The number of esters is 1. The molecular weight excluding hydrogens is 486 g/mol. The Hall–Kier alpha value is -2.74. The van der Waals surface area contributed by atoms with Crippen molar-refractivity contribution in [1.82, 2.24) is 5.43 Å². The van der Waals surface area contributed by atoms with E-state index in [-0.39, 0.29) is 0 Å². The number of nitrogens with one attached hydrogen (secondary N) is 2.